The van der Waals surface area contributed by atoms with Gasteiger partial charge in [0.1, 0.15) is 5.54 Å². The zero-order chi connectivity index (χ0) is 11.7. The summed E-state index contributed by atoms with van der Waals surface area (Å²) >= 11 is 0. The summed E-state index contributed by atoms with van der Waals surface area (Å²) in [4.78, 5) is 15.1. The largest absolute Gasteiger partial charge is 0.235 e. The first-order valence-corrected chi connectivity index (χ1v) is 6.54. The van der Waals surface area contributed by atoms with Crippen molar-refractivity contribution in [2.75, 3.05) is 0 Å². The topological polar surface area (TPSA) is 29.4 Å². The monoisotopic (exact) mass is 227 g/mol. The molecule has 0 N–H and O–H groups in total. The first-order chi connectivity index (χ1) is 8.37. The molecule has 1 aromatic rings. The Balaban J connectivity index is 2.17. The molecule has 17 heavy (non-hydrogen) atoms. The maximum Gasteiger partial charge on any atom is 0.235 e. The van der Waals surface area contributed by atoms with Crippen LogP contribution in [0.5, 0.6) is 0 Å². The molecule has 0 aromatic heterocycles. The molecule has 1 fully saturated rings. The van der Waals surface area contributed by atoms with Gasteiger partial charge >= 0.3 is 0 Å². The summed E-state index contributed by atoms with van der Waals surface area (Å²) in [6.45, 7) is 0. The molecular weight excluding hydrogens is 210 g/mol. The molecule has 1 saturated carbocycles. The van der Waals surface area contributed by atoms with Gasteiger partial charge < -0.3 is 0 Å². The summed E-state index contributed by atoms with van der Waals surface area (Å²) in [5.74, 6) is 0.549. The quantitative estimate of drug-likeness (QED) is 0.534. The SMILES string of the molecule is O=C=N[C@]12CCCC[C@H]1CCc1ccccc12. The van der Waals surface area contributed by atoms with Crippen LogP contribution in [0.25, 0.3) is 0 Å². The minimum Gasteiger partial charge on any atom is -0.211 e. The van der Waals surface area contributed by atoms with Crippen LogP contribution in [0.3, 0.4) is 0 Å². The second-order valence-electron chi connectivity index (χ2n) is 5.27. The van der Waals surface area contributed by atoms with Gasteiger partial charge in [-0.05, 0) is 42.7 Å². The predicted octanol–water partition coefficient (Wildman–Crippen LogP) is 3.35. The lowest BCUT2D eigenvalue weighted by atomic mass is 9.63. The van der Waals surface area contributed by atoms with Crippen molar-refractivity contribution in [3.05, 3.63) is 35.4 Å². The maximum atomic E-state index is 10.8. The fourth-order valence-electron chi connectivity index (χ4n) is 3.75. The highest BCUT2D eigenvalue weighted by Gasteiger charge is 2.45. The molecule has 2 atom stereocenters. The van der Waals surface area contributed by atoms with Crippen molar-refractivity contribution < 1.29 is 4.79 Å². The average Bonchev–Trinajstić information content (AvgIpc) is 2.39. The highest BCUT2D eigenvalue weighted by molar-refractivity contribution is 5.43. The molecule has 0 heterocycles. The van der Waals surface area contributed by atoms with Gasteiger partial charge in [0.15, 0.2) is 0 Å². The summed E-state index contributed by atoms with van der Waals surface area (Å²) in [5, 5.41) is 0. The Morgan fingerprint density at radius 1 is 1.24 bits per heavy atom. The number of isocyanates is 1. The van der Waals surface area contributed by atoms with Crippen LogP contribution in [-0.2, 0) is 16.8 Å². The highest BCUT2D eigenvalue weighted by Crippen LogP contribution is 2.50. The van der Waals surface area contributed by atoms with E-state index in [0.717, 1.165) is 12.8 Å². The highest BCUT2D eigenvalue weighted by atomic mass is 16.1. The Bertz CT molecular complexity index is 476. The van der Waals surface area contributed by atoms with Gasteiger partial charge in [0.25, 0.3) is 0 Å². The fraction of sp³-hybridized carbons (Fsp3) is 0.533. The first-order valence-electron chi connectivity index (χ1n) is 6.54. The van der Waals surface area contributed by atoms with E-state index in [1.807, 2.05) is 6.08 Å². The van der Waals surface area contributed by atoms with Crippen LogP contribution in [0.15, 0.2) is 29.3 Å². The number of fused-ring (bicyclic) bond motifs is 3. The van der Waals surface area contributed by atoms with E-state index in [1.165, 1.54) is 36.8 Å². The summed E-state index contributed by atoms with van der Waals surface area (Å²) in [6, 6.07) is 8.49. The number of hydrogen-bond acceptors (Lipinski definition) is 2. The van der Waals surface area contributed by atoms with Crippen molar-refractivity contribution in [2.45, 2.75) is 44.1 Å². The van der Waals surface area contributed by atoms with E-state index in [0.29, 0.717) is 5.92 Å². The molecule has 0 bridgehead atoms. The van der Waals surface area contributed by atoms with Gasteiger partial charge in [-0.15, -0.1) is 0 Å². The fourth-order valence-corrected chi connectivity index (χ4v) is 3.75. The van der Waals surface area contributed by atoms with Gasteiger partial charge in [-0.2, -0.15) is 4.99 Å². The lowest BCUT2D eigenvalue weighted by molar-refractivity contribution is 0.167. The van der Waals surface area contributed by atoms with Crippen LogP contribution in [0.1, 0.15) is 43.2 Å². The standard InChI is InChI=1S/C15H17NO/c17-11-16-15-10-4-3-6-13(15)9-8-12-5-1-2-7-14(12)15/h1-2,5,7,13H,3-4,6,8-10H2/t13-,15+/m0/s1. The second-order valence-corrected chi connectivity index (χ2v) is 5.27. The molecule has 3 rings (SSSR count). The average molecular weight is 227 g/mol. The van der Waals surface area contributed by atoms with E-state index in [9.17, 15) is 4.79 Å². The summed E-state index contributed by atoms with van der Waals surface area (Å²) in [7, 11) is 0. The molecule has 0 spiro atoms. The first kappa shape index (κ1) is 10.7. The number of aryl methyl sites for hydroxylation is 1. The van der Waals surface area contributed by atoms with Gasteiger partial charge in [-0.25, -0.2) is 4.79 Å². The van der Waals surface area contributed by atoms with Crippen molar-refractivity contribution in [1.82, 2.24) is 0 Å². The number of benzene rings is 1. The van der Waals surface area contributed by atoms with E-state index >= 15 is 0 Å². The lowest BCUT2D eigenvalue weighted by Crippen LogP contribution is -2.40. The van der Waals surface area contributed by atoms with Crippen molar-refractivity contribution >= 4 is 6.08 Å². The van der Waals surface area contributed by atoms with Gasteiger partial charge in [-0.1, -0.05) is 37.1 Å². The number of nitrogens with zero attached hydrogens (tertiary/aromatic N) is 1. The molecule has 0 radical (unpaired) electrons. The number of hydrogen-bond donors (Lipinski definition) is 0. The summed E-state index contributed by atoms with van der Waals surface area (Å²) in [5.41, 5.74) is 2.43. The smallest absolute Gasteiger partial charge is 0.211 e. The Labute approximate surface area is 102 Å². The molecule has 2 nitrogen and oxygen atoms in total. The Morgan fingerprint density at radius 3 is 3.00 bits per heavy atom. The minimum atomic E-state index is -0.241. The van der Waals surface area contributed by atoms with Crippen LogP contribution >= 0.6 is 0 Å². The summed E-state index contributed by atoms with van der Waals surface area (Å²) in [6.07, 6.45) is 8.83. The third kappa shape index (κ3) is 1.56. The molecule has 0 amide bonds. The molecule has 0 aliphatic heterocycles. The van der Waals surface area contributed by atoms with E-state index in [1.54, 1.807) is 0 Å². The van der Waals surface area contributed by atoms with Crippen molar-refractivity contribution in [1.29, 1.82) is 0 Å². The van der Waals surface area contributed by atoms with Crippen LogP contribution in [0.2, 0.25) is 0 Å². The van der Waals surface area contributed by atoms with Gasteiger partial charge in [0, 0.05) is 0 Å². The van der Waals surface area contributed by atoms with Gasteiger partial charge in [0.05, 0.1) is 0 Å². The Hall–Kier alpha value is -1.40. The molecular formula is C15H17NO. The molecule has 0 unspecified atom stereocenters. The zero-order valence-electron chi connectivity index (χ0n) is 9.98. The molecule has 2 aliphatic carbocycles. The van der Waals surface area contributed by atoms with E-state index in [-0.39, 0.29) is 5.54 Å². The molecule has 88 valence electrons. The third-order valence-electron chi connectivity index (χ3n) is 4.53. The van der Waals surface area contributed by atoms with Crippen molar-refractivity contribution in [3.63, 3.8) is 0 Å². The molecule has 0 saturated heterocycles. The minimum absolute atomic E-state index is 0.241. The lowest BCUT2D eigenvalue weighted by Gasteiger charge is -2.44. The summed E-state index contributed by atoms with van der Waals surface area (Å²) < 4.78 is 0. The van der Waals surface area contributed by atoms with Crippen molar-refractivity contribution in [2.24, 2.45) is 10.9 Å². The number of carbonyl (C=O) groups excluding carboxylic acids is 1. The van der Waals surface area contributed by atoms with Crippen LogP contribution in [-0.4, -0.2) is 6.08 Å². The molecule has 2 aliphatic rings. The van der Waals surface area contributed by atoms with E-state index in [2.05, 4.69) is 29.3 Å². The Kier molecular flexibility index (Phi) is 2.60. The molecule has 2 heteroatoms. The third-order valence-corrected chi connectivity index (χ3v) is 4.53. The normalized spacial score (nSPS) is 30.9. The number of aliphatic imine (C=N–C) groups is 1. The second kappa shape index (κ2) is 4.12. The number of rotatable bonds is 1. The van der Waals surface area contributed by atoms with Gasteiger partial charge in [-0.3, -0.25) is 0 Å². The Morgan fingerprint density at radius 2 is 2.12 bits per heavy atom. The van der Waals surface area contributed by atoms with Crippen LogP contribution < -0.4 is 0 Å². The maximum absolute atomic E-state index is 10.8. The van der Waals surface area contributed by atoms with E-state index in [4.69, 9.17) is 0 Å². The van der Waals surface area contributed by atoms with E-state index < -0.39 is 0 Å². The predicted molar refractivity (Wildman–Crippen MR) is 66.5 cm³/mol. The van der Waals surface area contributed by atoms with Crippen LogP contribution in [0, 0.1) is 5.92 Å². The molecule has 1 aromatic carbocycles. The van der Waals surface area contributed by atoms with Gasteiger partial charge in [0.2, 0.25) is 6.08 Å². The van der Waals surface area contributed by atoms with Crippen LogP contribution in [0.4, 0.5) is 0 Å². The van der Waals surface area contributed by atoms with Crippen molar-refractivity contribution in [3.8, 4) is 0 Å². The zero-order valence-corrected chi connectivity index (χ0v) is 9.98.